The second-order valence-corrected chi connectivity index (χ2v) is 4.09. The van der Waals surface area contributed by atoms with Crippen LogP contribution < -0.4 is 10.6 Å². The van der Waals surface area contributed by atoms with Gasteiger partial charge in [0.1, 0.15) is 0 Å². The fraction of sp³-hybridized carbons (Fsp3) is 0.667. The summed E-state index contributed by atoms with van der Waals surface area (Å²) in [6.45, 7) is 3.33. The predicted octanol–water partition coefficient (Wildman–Crippen LogP) is 0.637. The third-order valence-corrected chi connectivity index (χ3v) is 2.99. The van der Waals surface area contributed by atoms with Crippen molar-refractivity contribution < 1.29 is 0 Å². The van der Waals surface area contributed by atoms with Crippen LogP contribution in [0, 0.1) is 0 Å². The molecule has 1 saturated heterocycles. The molecule has 1 aromatic rings. The summed E-state index contributed by atoms with van der Waals surface area (Å²) in [4.78, 5) is 4.24. The Kier molecular flexibility index (Phi) is 3.29. The number of nitrogens with zero attached hydrogens (tertiary/aromatic N) is 1. The molecule has 0 amide bonds. The van der Waals surface area contributed by atoms with E-state index in [4.69, 9.17) is 0 Å². The van der Waals surface area contributed by atoms with Crippen molar-refractivity contribution in [3.8, 4) is 0 Å². The summed E-state index contributed by atoms with van der Waals surface area (Å²) in [6, 6.07) is 0.679. The van der Waals surface area contributed by atoms with Crippen molar-refractivity contribution in [3.63, 3.8) is 0 Å². The molecule has 2 heterocycles. The summed E-state index contributed by atoms with van der Waals surface area (Å²) in [5.74, 6) is 0. The fourth-order valence-electron chi connectivity index (χ4n) is 1.59. The van der Waals surface area contributed by atoms with Crippen LogP contribution in [0.25, 0.3) is 0 Å². The average molecular weight is 197 g/mol. The van der Waals surface area contributed by atoms with E-state index in [1.807, 2.05) is 5.51 Å². The van der Waals surface area contributed by atoms with Crippen LogP contribution in [0.4, 0.5) is 0 Å². The highest BCUT2D eigenvalue weighted by atomic mass is 32.1. The summed E-state index contributed by atoms with van der Waals surface area (Å²) in [5.41, 5.74) is 3.11. The number of hydrogen-bond donors (Lipinski definition) is 2. The molecule has 4 heteroatoms. The van der Waals surface area contributed by atoms with Gasteiger partial charge in [0.05, 0.1) is 11.2 Å². The Hall–Kier alpha value is -0.450. The Morgan fingerprint density at radius 3 is 3.38 bits per heavy atom. The molecule has 0 spiro atoms. The van der Waals surface area contributed by atoms with E-state index in [0.29, 0.717) is 6.04 Å². The Morgan fingerprint density at radius 2 is 2.69 bits per heavy atom. The molecule has 1 unspecified atom stereocenters. The Morgan fingerprint density at radius 1 is 1.69 bits per heavy atom. The van der Waals surface area contributed by atoms with E-state index in [9.17, 15) is 0 Å². The van der Waals surface area contributed by atoms with Gasteiger partial charge in [0.2, 0.25) is 0 Å². The minimum Gasteiger partial charge on any atom is -0.315 e. The van der Waals surface area contributed by atoms with Gasteiger partial charge in [-0.05, 0) is 13.0 Å². The number of hydrogen-bond acceptors (Lipinski definition) is 4. The van der Waals surface area contributed by atoms with Gasteiger partial charge in [-0.1, -0.05) is 0 Å². The molecule has 2 rings (SSSR count). The summed E-state index contributed by atoms with van der Waals surface area (Å²) in [6.07, 6.45) is 2.32. The number of nitrogens with one attached hydrogen (secondary N) is 2. The number of thiazole rings is 1. The van der Waals surface area contributed by atoms with Gasteiger partial charge in [-0.2, -0.15) is 0 Å². The molecular formula is C9H15N3S. The van der Waals surface area contributed by atoms with Crippen LogP contribution in [0.3, 0.4) is 0 Å². The van der Waals surface area contributed by atoms with E-state index >= 15 is 0 Å². The number of aromatic nitrogens is 1. The molecule has 0 saturated carbocycles. The standard InChI is InChI=1S/C9H15N3S/c1-3-10-5-8(1)11-4-2-9-6-13-7-12-9/h6-8,10-11H,1-5H2. The lowest BCUT2D eigenvalue weighted by Crippen LogP contribution is -2.32. The first-order chi connectivity index (χ1) is 6.45. The first kappa shape index (κ1) is 9.12. The van der Waals surface area contributed by atoms with E-state index in [1.165, 1.54) is 12.1 Å². The van der Waals surface area contributed by atoms with Crippen molar-refractivity contribution in [2.24, 2.45) is 0 Å². The molecule has 72 valence electrons. The second kappa shape index (κ2) is 4.69. The minimum absolute atomic E-state index is 0.679. The highest BCUT2D eigenvalue weighted by Crippen LogP contribution is 2.02. The van der Waals surface area contributed by atoms with Crippen molar-refractivity contribution in [2.45, 2.75) is 18.9 Å². The minimum atomic E-state index is 0.679. The summed E-state index contributed by atoms with van der Waals surface area (Å²) in [5, 5.41) is 8.98. The zero-order chi connectivity index (χ0) is 8.93. The molecule has 1 aliphatic heterocycles. The quantitative estimate of drug-likeness (QED) is 0.743. The van der Waals surface area contributed by atoms with E-state index in [2.05, 4.69) is 21.0 Å². The van der Waals surface area contributed by atoms with Gasteiger partial charge >= 0.3 is 0 Å². The first-order valence-electron chi connectivity index (χ1n) is 4.76. The maximum absolute atomic E-state index is 4.24. The Balaban J connectivity index is 1.63. The van der Waals surface area contributed by atoms with Crippen molar-refractivity contribution >= 4 is 11.3 Å². The molecule has 0 aliphatic carbocycles. The highest BCUT2D eigenvalue weighted by Gasteiger charge is 2.12. The molecule has 1 atom stereocenters. The normalized spacial score (nSPS) is 22.3. The zero-order valence-electron chi connectivity index (χ0n) is 7.62. The molecular weight excluding hydrogens is 182 g/mol. The smallest absolute Gasteiger partial charge is 0.0794 e. The van der Waals surface area contributed by atoms with Gasteiger partial charge in [0.25, 0.3) is 0 Å². The van der Waals surface area contributed by atoms with Crippen LogP contribution in [-0.4, -0.2) is 30.7 Å². The monoisotopic (exact) mass is 197 g/mol. The van der Waals surface area contributed by atoms with Crippen LogP contribution in [0.5, 0.6) is 0 Å². The van der Waals surface area contributed by atoms with E-state index in [0.717, 1.165) is 26.1 Å². The maximum atomic E-state index is 4.24. The van der Waals surface area contributed by atoms with Crippen molar-refractivity contribution in [3.05, 3.63) is 16.6 Å². The largest absolute Gasteiger partial charge is 0.315 e. The first-order valence-corrected chi connectivity index (χ1v) is 5.70. The second-order valence-electron chi connectivity index (χ2n) is 3.37. The molecule has 0 bridgehead atoms. The van der Waals surface area contributed by atoms with Crippen LogP contribution in [0.2, 0.25) is 0 Å². The van der Waals surface area contributed by atoms with E-state index in [1.54, 1.807) is 11.3 Å². The zero-order valence-corrected chi connectivity index (χ0v) is 8.44. The van der Waals surface area contributed by atoms with Crippen LogP contribution in [0.15, 0.2) is 10.9 Å². The molecule has 2 N–H and O–H groups in total. The van der Waals surface area contributed by atoms with Gasteiger partial charge in [-0.25, -0.2) is 4.98 Å². The summed E-state index contributed by atoms with van der Waals surface area (Å²) < 4.78 is 0. The molecule has 0 aromatic carbocycles. The molecule has 1 fully saturated rings. The maximum Gasteiger partial charge on any atom is 0.0794 e. The van der Waals surface area contributed by atoms with Crippen molar-refractivity contribution in [2.75, 3.05) is 19.6 Å². The van der Waals surface area contributed by atoms with Gasteiger partial charge < -0.3 is 10.6 Å². The third-order valence-electron chi connectivity index (χ3n) is 2.36. The molecule has 1 aromatic heterocycles. The molecule has 0 radical (unpaired) electrons. The average Bonchev–Trinajstić information content (AvgIpc) is 2.75. The lowest BCUT2D eigenvalue weighted by atomic mass is 10.2. The lowest BCUT2D eigenvalue weighted by Gasteiger charge is -2.09. The molecule has 3 nitrogen and oxygen atoms in total. The van der Waals surface area contributed by atoms with Crippen LogP contribution in [-0.2, 0) is 6.42 Å². The van der Waals surface area contributed by atoms with Gasteiger partial charge in [0.15, 0.2) is 0 Å². The molecule has 1 aliphatic rings. The van der Waals surface area contributed by atoms with Crippen LogP contribution >= 0.6 is 11.3 Å². The van der Waals surface area contributed by atoms with Crippen molar-refractivity contribution in [1.82, 2.24) is 15.6 Å². The predicted molar refractivity (Wildman–Crippen MR) is 55.1 cm³/mol. The van der Waals surface area contributed by atoms with Crippen LogP contribution in [0.1, 0.15) is 12.1 Å². The number of rotatable bonds is 4. The Bertz CT molecular complexity index is 229. The third kappa shape index (κ3) is 2.76. The van der Waals surface area contributed by atoms with Gasteiger partial charge in [-0.3, -0.25) is 0 Å². The summed E-state index contributed by atoms with van der Waals surface area (Å²) in [7, 11) is 0. The topological polar surface area (TPSA) is 37.0 Å². The van der Waals surface area contributed by atoms with Crippen molar-refractivity contribution in [1.29, 1.82) is 0 Å². The SMILES string of the molecule is c1nc(CCNC2CCNC2)cs1. The van der Waals surface area contributed by atoms with E-state index < -0.39 is 0 Å². The fourth-order valence-corrected chi connectivity index (χ4v) is 2.19. The highest BCUT2D eigenvalue weighted by molar-refractivity contribution is 7.07. The van der Waals surface area contributed by atoms with E-state index in [-0.39, 0.29) is 0 Å². The molecule has 13 heavy (non-hydrogen) atoms. The van der Waals surface area contributed by atoms with Gasteiger partial charge in [0, 0.05) is 30.9 Å². The lowest BCUT2D eigenvalue weighted by molar-refractivity contribution is 0.548. The Labute approximate surface area is 82.6 Å². The summed E-state index contributed by atoms with van der Waals surface area (Å²) >= 11 is 1.67. The van der Waals surface area contributed by atoms with Gasteiger partial charge in [-0.15, -0.1) is 11.3 Å².